The van der Waals surface area contributed by atoms with Crippen molar-refractivity contribution in [2.24, 2.45) is 5.92 Å². The van der Waals surface area contributed by atoms with E-state index in [1.54, 1.807) is 11.0 Å². The molecule has 0 N–H and O–H groups in total. The molecule has 1 aliphatic heterocycles. The van der Waals surface area contributed by atoms with Crippen LogP contribution in [0.2, 0.25) is 0 Å². The highest BCUT2D eigenvalue weighted by molar-refractivity contribution is 5.81. The van der Waals surface area contributed by atoms with E-state index in [4.69, 9.17) is 4.74 Å². The Labute approximate surface area is 148 Å². The van der Waals surface area contributed by atoms with Crippen LogP contribution in [0.4, 0.5) is 4.39 Å². The Bertz CT molecular complexity index is 633. The van der Waals surface area contributed by atoms with Crippen LogP contribution < -0.4 is 4.74 Å². The predicted molar refractivity (Wildman–Crippen MR) is 91.9 cm³/mol. The fourth-order valence-electron chi connectivity index (χ4n) is 2.77. The monoisotopic (exact) mass is 351 g/mol. The Morgan fingerprint density at radius 1 is 1.24 bits per heavy atom. The minimum Gasteiger partial charge on any atom is -0.493 e. The summed E-state index contributed by atoms with van der Waals surface area (Å²) in [7, 11) is 1.31. The molecule has 1 aliphatic rings. The van der Waals surface area contributed by atoms with E-state index in [9.17, 15) is 14.0 Å². The van der Waals surface area contributed by atoms with Gasteiger partial charge >= 0.3 is 5.97 Å². The minimum absolute atomic E-state index is 0.0428. The Morgan fingerprint density at radius 2 is 1.92 bits per heavy atom. The highest BCUT2D eigenvalue weighted by Crippen LogP contribution is 2.32. The normalized spacial score (nSPS) is 14.8. The summed E-state index contributed by atoms with van der Waals surface area (Å²) in [6.45, 7) is 7.76. The van der Waals surface area contributed by atoms with E-state index in [-0.39, 0.29) is 41.9 Å². The molecule has 138 valence electrons. The van der Waals surface area contributed by atoms with Crippen molar-refractivity contribution < 1.29 is 23.5 Å². The summed E-state index contributed by atoms with van der Waals surface area (Å²) in [6, 6.07) is 4.57. The molecule has 1 amide bonds. The van der Waals surface area contributed by atoms with Crippen molar-refractivity contribution in [1.29, 1.82) is 0 Å². The van der Waals surface area contributed by atoms with Gasteiger partial charge in [-0.25, -0.2) is 4.39 Å². The lowest BCUT2D eigenvalue weighted by Gasteiger charge is -2.39. The molecule has 25 heavy (non-hydrogen) atoms. The number of methoxy groups -OCH3 is 1. The number of halogens is 1. The number of carbonyl (C=O) groups is 2. The van der Waals surface area contributed by atoms with Gasteiger partial charge in [-0.2, -0.15) is 0 Å². The first-order valence-corrected chi connectivity index (χ1v) is 8.48. The van der Waals surface area contributed by atoms with Crippen LogP contribution >= 0.6 is 0 Å². The summed E-state index contributed by atoms with van der Waals surface area (Å²) in [4.78, 5) is 24.7. The van der Waals surface area contributed by atoms with E-state index in [2.05, 4.69) is 4.74 Å². The number of carbonyl (C=O) groups excluding carboxylic acids is 2. The van der Waals surface area contributed by atoms with Crippen molar-refractivity contribution in [3.05, 3.63) is 29.6 Å². The van der Waals surface area contributed by atoms with E-state index < -0.39 is 0 Å². The largest absolute Gasteiger partial charge is 0.493 e. The van der Waals surface area contributed by atoms with Gasteiger partial charge in [-0.1, -0.05) is 20.8 Å². The Balaban J connectivity index is 1.81. The summed E-state index contributed by atoms with van der Waals surface area (Å²) < 4.78 is 23.9. The lowest BCUT2D eigenvalue weighted by molar-refractivity contribution is -0.145. The van der Waals surface area contributed by atoms with Gasteiger partial charge in [0.25, 0.3) is 0 Å². The van der Waals surface area contributed by atoms with Crippen LogP contribution in [0.15, 0.2) is 18.2 Å². The van der Waals surface area contributed by atoms with Gasteiger partial charge < -0.3 is 14.4 Å². The molecule has 0 aromatic heterocycles. The van der Waals surface area contributed by atoms with Crippen LogP contribution in [-0.2, 0) is 19.7 Å². The topological polar surface area (TPSA) is 55.8 Å². The number of amides is 1. The van der Waals surface area contributed by atoms with Gasteiger partial charge in [-0.15, -0.1) is 0 Å². The predicted octanol–water partition coefficient (Wildman–Crippen LogP) is 2.91. The number of nitrogens with zero attached hydrogens (tertiary/aromatic N) is 1. The average Bonchev–Trinajstić information content (AvgIpc) is 2.51. The van der Waals surface area contributed by atoms with Crippen molar-refractivity contribution >= 4 is 11.9 Å². The standard InChI is InChI=1S/C19H26FNO4/c1-19(2,3)15-9-14(20)5-6-16(15)25-12-13-10-21(11-13)17(22)7-8-18(23)24-4/h5-6,9,13H,7-8,10-12H2,1-4H3. The first-order valence-electron chi connectivity index (χ1n) is 8.48. The van der Waals surface area contributed by atoms with E-state index in [1.807, 2.05) is 20.8 Å². The SMILES string of the molecule is COC(=O)CCC(=O)N1CC(COc2ccc(F)cc2C(C)(C)C)C1. The summed E-state index contributed by atoms with van der Waals surface area (Å²) >= 11 is 0. The van der Waals surface area contributed by atoms with Crippen molar-refractivity contribution in [1.82, 2.24) is 4.90 Å². The molecule has 1 saturated heterocycles. The molecule has 1 aromatic carbocycles. The van der Waals surface area contributed by atoms with Crippen LogP contribution in [-0.4, -0.2) is 43.6 Å². The summed E-state index contributed by atoms with van der Waals surface area (Å²) in [5.41, 5.74) is 0.616. The molecule has 0 bridgehead atoms. The van der Waals surface area contributed by atoms with Crippen molar-refractivity contribution in [3.63, 3.8) is 0 Å². The molecule has 0 radical (unpaired) electrons. The van der Waals surface area contributed by atoms with Gasteiger partial charge in [0.1, 0.15) is 11.6 Å². The molecule has 0 saturated carbocycles. The first kappa shape index (κ1) is 19.2. The van der Waals surface area contributed by atoms with Crippen molar-refractivity contribution in [2.45, 2.75) is 39.0 Å². The summed E-state index contributed by atoms with van der Waals surface area (Å²) in [6.07, 6.45) is 0.282. The third kappa shape index (κ3) is 5.18. The van der Waals surface area contributed by atoms with Crippen LogP contribution in [0.3, 0.4) is 0 Å². The van der Waals surface area contributed by atoms with Gasteiger partial charge in [0.2, 0.25) is 5.91 Å². The third-order valence-electron chi connectivity index (χ3n) is 4.30. The molecule has 5 nitrogen and oxygen atoms in total. The number of esters is 1. The minimum atomic E-state index is -0.375. The maximum Gasteiger partial charge on any atom is 0.306 e. The van der Waals surface area contributed by atoms with Crippen LogP contribution in [0.1, 0.15) is 39.2 Å². The quantitative estimate of drug-likeness (QED) is 0.740. The molecule has 0 aliphatic carbocycles. The zero-order valence-electron chi connectivity index (χ0n) is 15.3. The smallest absolute Gasteiger partial charge is 0.306 e. The number of hydrogen-bond donors (Lipinski definition) is 0. The molecule has 0 spiro atoms. The van der Waals surface area contributed by atoms with Gasteiger partial charge in [0.05, 0.1) is 20.1 Å². The maximum atomic E-state index is 13.5. The van der Waals surface area contributed by atoms with Crippen molar-refractivity contribution in [3.8, 4) is 5.75 Å². The summed E-state index contributed by atoms with van der Waals surface area (Å²) in [5.74, 6) is 0.242. The van der Waals surface area contributed by atoms with Crippen LogP contribution in [0.25, 0.3) is 0 Å². The lowest BCUT2D eigenvalue weighted by Crippen LogP contribution is -2.52. The first-order chi connectivity index (χ1) is 11.7. The number of rotatable bonds is 6. The van der Waals surface area contributed by atoms with Gasteiger partial charge in [-0.05, 0) is 23.6 Å². The highest BCUT2D eigenvalue weighted by atomic mass is 19.1. The van der Waals surface area contributed by atoms with E-state index >= 15 is 0 Å². The van der Waals surface area contributed by atoms with Crippen LogP contribution in [0, 0.1) is 11.7 Å². The molecular formula is C19H26FNO4. The molecule has 2 rings (SSSR count). The molecule has 1 aromatic rings. The Kier molecular flexibility index (Phi) is 6.03. The zero-order valence-corrected chi connectivity index (χ0v) is 15.3. The number of benzene rings is 1. The average molecular weight is 351 g/mol. The third-order valence-corrected chi connectivity index (χ3v) is 4.30. The highest BCUT2D eigenvalue weighted by Gasteiger charge is 2.31. The van der Waals surface area contributed by atoms with Crippen LogP contribution in [0.5, 0.6) is 5.75 Å². The summed E-state index contributed by atoms with van der Waals surface area (Å²) in [5, 5.41) is 0. The van der Waals surface area contributed by atoms with Gasteiger partial charge in [0.15, 0.2) is 0 Å². The van der Waals surface area contributed by atoms with E-state index in [1.165, 1.54) is 19.2 Å². The van der Waals surface area contributed by atoms with E-state index in [0.29, 0.717) is 25.4 Å². The number of hydrogen-bond acceptors (Lipinski definition) is 4. The van der Waals surface area contributed by atoms with Gasteiger partial charge in [0, 0.05) is 31.0 Å². The molecule has 0 unspecified atom stereocenters. The van der Waals surface area contributed by atoms with Crippen molar-refractivity contribution in [2.75, 3.05) is 26.8 Å². The second-order valence-electron chi connectivity index (χ2n) is 7.44. The number of ether oxygens (including phenoxy) is 2. The Hall–Kier alpha value is -2.11. The molecule has 0 atom stereocenters. The fraction of sp³-hybridized carbons (Fsp3) is 0.579. The molecule has 1 fully saturated rings. The second kappa shape index (κ2) is 7.85. The van der Waals surface area contributed by atoms with E-state index in [0.717, 1.165) is 5.56 Å². The lowest BCUT2D eigenvalue weighted by atomic mass is 9.86. The zero-order chi connectivity index (χ0) is 18.6. The molecule has 6 heteroatoms. The molecular weight excluding hydrogens is 325 g/mol. The van der Waals surface area contributed by atoms with Gasteiger partial charge in [-0.3, -0.25) is 9.59 Å². The number of likely N-dealkylation sites (tertiary alicyclic amines) is 1. The maximum absolute atomic E-state index is 13.5. The molecule has 1 heterocycles. The fourth-order valence-corrected chi connectivity index (χ4v) is 2.77. The Morgan fingerprint density at radius 3 is 2.52 bits per heavy atom. The second-order valence-corrected chi connectivity index (χ2v) is 7.44.